The van der Waals surface area contributed by atoms with Crippen molar-refractivity contribution in [1.29, 1.82) is 0 Å². The molecule has 0 heterocycles. The summed E-state index contributed by atoms with van der Waals surface area (Å²) in [5.74, 6) is 0.955. The molecule has 0 aliphatic carbocycles. The van der Waals surface area contributed by atoms with Crippen LogP contribution in [0.2, 0.25) is 5.02 Å². The summed E-state index contributed by atoms with van der Waals surface area (Å²) in [6, 6.07) is 17.8. The summed E-state index contributed by atoms with van der Waals surface area (Å²) in [7, 11) is 0. The Morgan fingerprint density at radius 1 is 1.00 bits per heavy atom. The number of benzene rings is 3. The maximum atomic E-state index is 13.4. The summed E-state index contributed by atoms with van der Waals surface area (Å²) in [6.45, 7) is 3.29. The fourth-order valence-electron chi connectivity index (χ4n) is 2.68. The smallest absolute Gasteiger partial charge is 0.175 e. The molecule has 1 N–H and O–H groups in total. The van der Waals surface area contributed by atoms with Crippen LogP contribution in [0, 0.1) is 5.82 Å². The molecule has 0 fully saturated rings. The lowest BCUT2D eigenvalue weighted by Gasteiger charge is -2.16. The number of rotatable bonds is 8. The highest BCUT2D eigenvalue weighted by molar-refractivity contribution is 9.10. The molecule has 3 rings (SSSR count). The van der Waals surface area contributed by atoms with Gasteiger partial charge in [0.05, 0.1) is 11.1 Å². The lowest BCUT2D eigenvalue weighted by atomic mass is 10.2. The molecule has 28 heavy (non-hydrogen) atoms. The molecule has 6 heteroatoms. The van der Waals surface area contributed by atoms with E-state index in [-0.39, 0.29) is 12.4 Å². The van der Waals surface area contributed by atoms with Gasteiger partial charge in [-0.15, -0.1) is 0 Å². The van der Waals surface area contributed by atoms with E-state index in [0.717, 1.165) is 21.3 Å². The quantitative estimate of drug-likeness (QED) is 0.396. The minimum atomic E-state index is -0.284. The van der Waals surface area contributed by atoms with E-state index in [4.69, 9.17) is 21.1 Å². The zero-order chi connectivity index (χ0) is 19.9. The summed E-state index contributed by atoms with van der Waals surface area (Å²) in [5.41, 5.74) is 2.76. The van der Waals surface area contributed by atoms with E-state index in [1.807, 2.05) is 49.4 Å². The van der Waals surface area contributed by atoms with Crippen LogP contribution in [0.25, 0.3) is 0 Å². The lowest BCUT2D eigenvalue weighted by molar-refractivity contribution is 0.267. The molecular formula is C22H20BrClFNO2. The molecule has 0 saturated carbocycles. The van der Waals surface area contributed by atoms with Crippen LogP contribution in [-0.2, 0) is 13.2 Å². The van der Waals surface area contributed by atoms with Gasteiger partial charge in [-0.05, 0) is 82.5 Å². The first kappa shape index (κ1) is 20.5. The van der Waals surface area contributed by atoms with Gasteiger partial charge in [0.25, 0.3) is 0 Å². The van der Waals surface area contributed by atoms with Gasteiger partial charge in [-0.2, -0.15) is 0 Å². The van der Waals surface area contributed by atoms with Crippen molar-refractivity contribution < 1.29 is 13.9 Å². The van der Waals surface area contributed by atoms with Gasteiger partial charge in [-0.25, -0.2) is 4.39 Å². The summed E-state index contributed by atoms with van der Waals surface area (Å²) < 4.78 is 25.8. The van der Waals surface area contributed by atoms with Gasteiger partial charge in [0, 0.05) is 17.3 Å². The van der Waals surface area contributed by atoms with Crippen LogP contribution in [0.1, 0.15) is 18.1 Å². The molecule has 0 unspecified atom stereocenters. The van der Waals surface area contributed by atoms with Gasteiger partial charge >= 0.3 is 0 Å². The summed E-state index contributed by atoms with van der Waals surface area (Å²) in [6.07, 6.45) is 0. The van der Waals surface area contributed by atoms with E-state index >= 15 is 0 Å². The Morgan fingerprint density at radius 2 is 1.79 bits per heavy atom. The van der Waals surface area contributed by atoms with Crippen molar-refractivity contribution in [3.63, 3.8) is 0 Å². The first-order chi connectivity index (χ1) is 13.5. The molecule has 0 radical (unpaired) electrons. The Bertz CT molecular complexity index is 934. The Balaban J connectivity index is 1.74. The zero-order valence-corrected chi connectivity index (χ0v) is 17.7. The van der Waals surface area contributed by atoms with Crippen molar-refractivity contribution in [2.24, 2.45) is 0 Å². The fraction of sp³-hybridized carbons (Fsp3) is 0.182. The van der Waals surface area contributed by atoms with Crippen molar-refractivity contribution in [1.82, 2.24) is 0 Å². The molecular weight excluding hydrogens is 445 g/mol. The van der Waals surface area contributed by atoms with Crippen molar-refractivity contribution in [2.75, 3.05) is 11.9 Å². The van der Waals surface area contributed by atoms with Crippen LogP contribution >= 0.6 is 27.5 Å². The maximum Gasteiger partial charge on any atom is 0.175 e. The molecule has 0 atom stereocenters. The highest BCUT2D eigenvalue weighted by atomic mass is 79.9. The van der Waals surface area contributed by atoms with Crippen molar-refractivity contribution in [3.8, 4) is 11.5 Å². The molecule has 3 aromatic rings. The second kappa shape index (κ2) is 9.80. The van der Waals surface area contributed by atoms with Crippen LogP contribution in [0.4, 0.5) is 10.1 Å². The molecule has 146 valence electrons. The first-order valence-corrected chi connectivity index (χ1v) is 10.0. The summed E-state index contributed by atoms with van der Waals surface area (Å²) in [5, 5.41) is 4.05. The third kappa shape index (κ3) is 5.63. The first-order valence-electron chi connectivity index (χ1n) is 8.87. The monoisotopic (exact) mass is 463 g/mol. The maximum absolute atomic E-state index is 13.4. The largest absolute Gasteiger partial charge is 0.490 e. The van der Waals surface area contributed by atoms with E-state index in [2.05, 4.69) is 21.2 Å². The Kier molecular flexibility index (Phi) is 7.18. The minimum absolute atomic E-state index is 0.249. The fourth-order valence-corrected chi connectivity index (χ4v) is 3.41. The Morgan fingerprint density at radius 3 is 2.50 bits per heavy atom. The predicted octanol–water partition coefficient (Wildman–Crippen LogP) is 6.83. The SMILES string of the molecule is CCOc1cc(CNc2ccc(Cl)cc2)cc(Br)c1OCc1cccc(F)c1. The third-order valence-corrected chi connectivity index (χ3v) is 4.82. The molecule has 3 aromatic carbocycles. The number of hydrogen-bond donors (Lipinski definition) is 1. The molecule has 0 spiro atoms. The zero-order valence-electron chi connectivity index (χ0n) is 15.3. The van der Waals surface area contributed by atoms with Crippen LogP contribution in [0.3, 0.4) is 0 Å². The highest BCUT2D eigenvalue weighted by Gasteiger charge is 2.13. The Labute approximate surface area is 177 Å². The average Bonchev–Trinajstić information content (AvgIpc) is 2.67. The average molecular weight is 465 g/mol. The summed E-state index contributed by atoms with van der Waals surface area (Å²) >= 11 is 9.49. The molecule has 0 aliphatic heterocycles. The van der Waals surface area contributed by atoms with Crippen molar-refractivity contribution in [2.45, 2.75) is 20.1 Å². The van der Waals surface area contributed by atoms with Crippen LogP contribution < -0.4 is 14.8 Å². The van der Waals surface area contributed by atoms with E-state index in [1.165, 1.54) is 12.1 Å². The third-order valence-electron chi connectivity index (χ3n) is 3.98. The number of halogens is 3. The minimum Gasteiger partial charge on any atom is -0.490 e. The van der Waals surface area contributed by atoms with Crippen molar-refractivity contribution in [3.05, 3.63) is 87.1 Å². The second-order valence-electron chi connectivity index (χ2n) is 6.12. The molecule has 0 aliphatic rings. The van der Waals surface area contributed by atoms with Crippen LogP contribution in [-0.4, -0.2) is 6.61 Å². The molecule has 3 nitrogen and oxygen atoms in total. The van der Waals surface area contributed by atoms with Gasteiger partial charge < -0.3 is 14.8 Å². The number of nitrogens with one attached hydrogen (secondary N) is 1. The van der Waals surface area contributed by atoms with Gasteiger partial charge in [0.2, 0.25) is 0 Å². The number of ether oxygens (including phenoxy) is 2. The standard InChI is InChI=1S/C22H20BrClFNO2/c1-2-27-21-12-16(13-26-19-8-6-17(24)7-9-19)11-20(23)22(21)28-14-15-4-3-5-18(25)10-15/h3-12,26H,2,13-14H2,1H3. The predicted molar refractivity (Wildman–Crippen MR) is 115 cm³/mol. The van der Waals surface area contributed by atoms with E-state index in [9.17, 15) is 4.39 Å². The summed E-state index contributed by atoms with van der Waals surface area (Å²) in [4.78, 5) is 0. The topological polar surface area (TPSA) is 30.5 Å². The molecule has 0 saturated heterocycles. The van der Waals surface area contributed by atoms with Crippen LogP contribution in [0.5, 0.6) is 11.5 Å². The molecule has 0 amide bonds. The molecule has 0 bridgehead atoms. The normalized spacial score (nSPS) is 10.6. The van der Waals surface area contributed by atoms with E-state index in [1.54, 1.807) is 6.07 Å². The molecule has 0 aromatic heterocycles. The van der Waals surface area contributed by atoms with Gasteiger partial charge in [-0.1, -0.05) is 23.7 Å². The van der Waals surface area contributed by atoms with E-state index < -0.39 is 0 Å². The van der Waals surface area contributed by atoms with Gasteiger partial charge in [-0.3, -0.25) is 0 Å². The lowest BCUT2D eigenvalue weighted by Crippen LogP contribution is -2.04. The van der Waals surface area contributed by atoms with Gasteiger partial charge in [0.15, 0.2) is 11.5 Å². The highest BCUT2D eigenvalue weighted by Crippen LogP contribution is 2.37. The van der Waals surface area contributed by atoms with Gasteiger partial charge in [0.1, 0.15) is 12.4 Å². The van der Waals surface area contributed by atoms with E-state index in [0.29, 0.717) is 29.7 Å². The number of anilines is 1. The second-order valence-corrected chi connectivity index (χ2v) is 7.41. The number of hydrogen-bond acceptors (Lipinski definition) is 3. The van der Waals surface area contributed by atoms with Crippen LogP contribution in [0.15, 0.2) is 65.1 Å². The van der Waals surface area contributed by atoms with Crippen molar-refractivity contribution >= 4 is 33.2 Å². The Hall–Kier alpha value is -2.24.